The molecule has 0 saturated carbocycles. The van der Waals surface area contributed by atoms with E-state index in [1.807, 2.05) is 36.6 Å². The number of rotatable bonds is 13. The van der Waals surface area contributed by atoms with Crippen molar-refractivity contribution in [2.75, 3.05) is 62.7 Å². The van der Waals surface area contributed by atoms with Crippen molar-refractivity contribution in [3.05, 3.63) is 58.4 Å². The van der Waals surface area contributed by atoms with Gasteiger partial charge in [-0.1, -0.05) is 19.9 Å². The molecule has 5 heterocycles. The van der Waals surface area contributed by atoms with Crippen LogP contribution in [0.1, 0.15) is 65.3 Å². The molecule has 1 aromatic carbocycles. The van der Waals surface area contributed by atoms with E-state index in [-0.39, 0.29) is 43.6 Å². The SMILES string of the molecule is Cc1ncoc1COc1ccc2c(c1C)CCN(C[C@@H](O)CCC(=O)c1cc(NC3COC3)nc(N3CCN(C(=O)C(C)C)CC3)n1)C2.S. The predicted molar refractivity (Wildman–Crippen MR) is 190 cm³/mol. The molecule has 1 amide bonds. The molecule has 6 rings (SSSR count). The first-order valence-corrected chi connectivity index (χ1v) is 17.0. The van der Waals surface area contributed by atoms with E-state index < -0.39 is 6.10 Å². The molecular formula is C35H49N7O6S. The van der Waals surface area contributed by atoms with Crippen molar-refractivity contribution >= 4 is 37.0 Å². The Kier molecular flexibility index (Phi) is 12.2. The molecule has 1 atom stereocenters. The lowest BCUT2D eigenvalue weighted by Crippen LogP contribution is -2.50. The molecule has 3 aliphatic heterocycles. The number of hydrogen-bond acceptors (Lipinski definition) is 12. The topological polar surface area (TPSA) is 146 Å². The van der Waals surface area contributed by atoms with E-state index in [2.05, 4.69) is 33.2 Å². The first-order chi connectivity index (χ1) is 23.1. The van der Waals surface area contributed by atoms with Crippen LogP contribution in [0.25, 0.3) is 0 Å². The maximum Gasteiger partial charge on any atom is 0.228 e. The van der Waals surface area contributed by atoms with Crippen LogP contribution in [0.3, 0.4) is 0 Å². The van der Waals surface area contributed by atoms with Crippen molar-refractivity contribution in [3.63, 3.8) is 0 Å². The molecular weight excluding hydrogens is 646 g/mol. The van der Waals surface area contributed by atoms with Gasteiger partial charge in [-0.15, -0.1) is 0 Å². The van der Waals surface area contributed by atoms with Gasteiger partial charge in [0.15, 0.2) is 17.9 Å². The van der Waals surface area contributed by atoms with Crippen molar-refractivity contribution in [3.8, 4) is 5.75 Å². The highest BCUT2D eigenvalue weighted by atomic mass is 32.1. The van der Waals surface area contributed by atoms with Gasteiger partial charge in [0.25, 0.3) is 0 Å². The quantitative estimate of drug-likeness (QED) is 0.253. The van der Waals surface area contributed by atoms with E-state index in [0.29, 0.717) is 76.4 Å². The third-order valence-corrected chi connectivity index (χ3v) is 9.45. The molecule has 266 valence electrons. The van der Waals surface area contributed by atoms with E-state index >= 15 is 0 Å². The minimum absolute atomic E-state index is 0. The Bertz CT molecular complexity index is 1600. The number of anilines is 2. The number of fused-ring (bicyclic) bond motifs is 1. The Labute approximate surface area is 294 Å². The summed E-state index contributed by atoms with van der Waals surface area (Å²) in [4.78, 5) is 45.6. The highest BCUT2D eigenvalue weighted by Crippen LogP contribution is 2.30. The number of nitrogens with zero attached hydrogens (tertiary/aromatic N) is 6. The number of aliphatic hydroxyl groups is 1. The normalized spacial score (nSPS) is 17.3. The molecule has 3 aromatic rings. The first kappa shape index (κ1) is 36.6. The lowest BCUT2D eigenvalue weighted by atomic mass is 9.94. The smallest absolute Gasteiger partial charge is 0.228 e. The van der Waals surface area contributed by atoms with Gasteiger partial charge in [-0.05, 0) is 49.4 Å². The van der Waals surface area contributed by atoms with Crippen molar-refractivity contribution in [2.24, 2.45) is 5.92 Å². The van der Waals surface area contributed by atoms with Crippen LogP contribution in [0.15, 0.2) is 29.0 Å². The molecule has 2 aromatic heterocycles. The third kappa shape index (κ3) is 8.91. The lowest BCUT2D eigenvalue weighted by molar-refractivity contribution is -0.134. The zero-order chi connectivity index (χ0) is 33.8. The van der Waals surface area contributed by atoms with Crippen LogP contribution < -0.4 is 15.0 Å². The number of amides is 1. The molecule has 2 saturated heterocycles. The number of hydrogen-bond donors (Lipinski definition) is 2. The van der Waals surface area contributed by atoms with Crippen LogP contribution in [-0.4, -0.2) is 106 Å². The molecule has 0 bridgehead atoms. The predicted octanol–water partition coefficient (Wildman–Crippen LogP) is 3.27. The van der Waals surface area contributed by atoms with E-state index in [1.165, 1.54) is 17.5 Å². The zero-order valence-electron chi connectivity index (χ0n) is 28.9. The fourth-order valence-corrected chi connectivity index (χ4v) is 6.43. The van der Waals surface area contributed by atoms with Gasteiger partial charge >= 0.3 is 0 Å². The number of ether oxygens (including phenoxy) is 2. The Hall–Kier alpha value is -3.72. The van der Waals surface area contributed by atoms with Gasteiger partial charge in [-0.25, -0.2) is 9.97 Å². The molecule has 0 spiro atoms. The number of aryl methyl sites for hydroxylation is 1. The molecule has 0 radical (unpaired) electrons. The standard InChI is InChI=1S/C35H47N7O6.H2S/c1-22(2)34(45)41-11-13-42(14-12-41)35-38-29(15-33(39-35)37-26-18-46-19-26)30(44)7-6-27(43)17-40-10-9-28-23(3)31(8-5-25(28)16-40)47-20-32-24(4)36-21-48-32;/h5,8,15,21-22,26-27,43H,6-7,9-14,16-20H2,1-4H3,(H,37,38,39);1H2/t27-;/m0./s1. The highest BCUT2D eigenvalue weighted by molar-refractivity contribution is 7.59. The summed E-state index contributed by atoms with van der Waals surface area (Å²) in [5, 5.41) is 14.3. The Morgan fingerprint density at radius 3 is 2.55 bits per heavy atom. The second kappa shape index (κ2) is 16.3. The molecule has 2 N–H and O–H groups in total. The average Bonchev–Trinajstić information content (AvgIpc) is 3.48. The summed E-state index contributed by atoms with van der Waals surface area (Å²) >= 11 is 0. The van der Waals surface area contributed by atoms with Gasteiger partial charge in [0, 0.05) is 64.2 Å². The number of aliphatic hydroxyl groups excluding tert-OH is 1. The number of piperazine rings is 1. The van der Waals surface area contributed by atoms with Gasteiger partial charge in [-0.2, -0.15) is 18.5 Å². The number of oxazole rings is 1. The number of carbonyl (C=O) groups excluding carboxylic acids is 2. The summed E-state index contributed by atoms with van der Waals surface area (Å²) in [7, 11) is 0. The second-order valence-electron chi connectivity index (χ2n) is 13.4. The Morgan fingerprint density at radius 1 is 1.10 bits per heavy atom. The minimum atomic E-state index is -0.651. The van der Waals surface area contributed by atoms with Gasteiger partial charge in [-0.3, -0.25) is 14.5 Å². The fourth-order valence-electron chi connectivity index (χ4n) is 6.43. The summed E-state index contributed by atoms with van der Waals surface area (Å²) < 4.78 is 16.8. The second-order valence-corrected chi connectivity index (χ2v) is 13.4. The molecule has 3 aliphatic rings. The van der Waals surface area contributed by atoms with Crippen molar-refractivity contribution in [1.29, 1.82) is 0 Å². The summed E-state index contributed by atoms with van der Waals surface area (Å²) in [5.74, 6) is 2.59. The molecule has 0 unspecified atom stereocenters. The summed E-state index contributed by atoms with van der Waals surface area (Å²) in [6.45, 7) is 13.7. The molecule has 0 aliphatic carbocycles. The van der Waals surface area contributed by atoms with Crippen LogP contribution in [-0.2, 0) is 29.1 Å². The monoisotopic (exact) mass is 695 g/mol. The van der Waals surface area contributed by atoms with E-state index in [9.17, 15) is 14.7 Å². The van der Waals surface area contributed by atoms with Crippen LogP contribution in [0.2, 0.25) is 0 Å². The van der Waals surface area contributed by atoms with Crippen molar-refractivity contribution < 1.29 is 28.6 Å². The van der Waals surface area contributed by atoms with Crippen LogP contribution in [0, 0.1) is 19.8 Å². The highest BCUT2D eigenvalue weighted by Gasteiger charge is 2.27. The fraction of sp³-hybridized carbons (Fsp3) is 0.571. The third-order valence-electron chi connectivity index (χ3n) is 9.45. The van der Waals surface area contributed by atoms with Crippen LogP contribution >= 0.6 is 13.5 Å². The number of nitrogens with one attached hydrogen (secondary N) is 1. The van der Waals surface area contributed by atoms with Gasteiger partial charge < -0.3 is 34.1 Å². The summed E-state index contributed by atoms with van der Waals surface area (Å²) in [5.41, 5.74) is 4.80. The van der Waals surface area contributed by atoms with Crippen LogP contribution in [0.4, 0.5) is 11.8 Å². The Balaban J connectivity index is 0.00000468. The number of benzene rings is 1. The number of ketones is 1. The molecule has 49 heavy (non-hydrogen) atoms. The summed E-state index contributed by atoms with van der Waals surface area (Å²) in [6.07, 6.45) is 2.15. The zero-order valence-corrected chi connectivity index (χ0v) is 29.9. The van der Waals surface area contributed by atoms with E-state index in [1.54, 1.807) is 6.07 Å². The maximum absolute atomic E-state index is 13.4. The maximum atomic E-state index is 13.4. The van der Waals surface area contributed by atoms with Gasteiger partial charge in [0.05, 0.1) is 31.1 Å². The van der Waals surface area contributed by atoms with E-state index in [4.69, 9.17) is 18.9 Å². The number of Topliss-reactive ketones (excluding diaryl/α,β-unsaturated/α-hetero) is 1. The van der Waals surface area contributed by atoms with Crippen LogP contribution in [0.5, 0.6) is 5.75 Å². The van der Waals surface area contributed by atoms with Crippen molar-refractivity contribution in [2.45, 2.75) is 72.3 Å². The van der Waals surface area contributed by atoms with Gasteiger partial charge in [0.1, 0.15) is 23.9 Å². The Morgan fingerprint density at radius 2 is 1.88 bits per heavy atom. The lowest BCUT2D eigenvalue weighted by Gasteiger charge is -2.36. The van der Waals surface area contributed by atoms with Gasteiger partial charge in [0.2, 0.25) is 11.9 Å². The number of β-amino-alcohol motifs (C(OH)–C–C–N with tert-alkyl or cyclic N) is 1. The number of aromatic nitrogens is 3. The minimum Gasteiger partial charge on any atom is -0.485 e. The largest absolute Gasteiger partial charge is 0.485 e. The summed E-state index contributed by atoms with van der Waals surface area (Å²) in [6, 6.07) is 5.94. The van der Waals surface area contributed by atoms with Crippen molar-refractivity contribution in [1.82, 2.24) is 24.8 Å². The average molecular weight is 696 g/mol. The molecule has 2 fully saturated rings. The first-order valence-electron chi connectivity index (χ1n) is 17.0. The molecule has 14 heteroatoms. The number of carbonyl (C=O) groups is 2. The molecule has 13 nitrogen and oxygen atoms in total. The van der Waals surface area contributed by atoms with E-state index in [0.717, 1.165) is 42.3 Å².